The van der Waals surface area contributed by atoms with E-state index in [-0.39, 0.29) is 17.3 Å². The Labute approximate surface area is 161 Å². The van der Waals surface area contributed by atoms with E-state index in [4.69, 9.17) is 4.74 Å². The summed E-state index contributed by atoms with van der Waals surface area (Å²) in [6, 6.07) is 13.8. The van der Waals surface area contributed by atoms with Gasteiger partial charge in [0.25, 0.3) is 5.91 Å². The summed E-state index contributed by atoms with van der Waals surface area (Å²) < 4.78 is 20.7. The first-order valence-corrected chi connectivity index (χ1v) is 9.05. The second kappa shape index (κ2) is 7.77. The van der Waals surface area contributed by atoms with E-state index in [1.807, 2.05) is 24.3 Å². The van der Waals surface area contributed by atoms with Gasteiger partial charge in [0.2, 0.25) is 0 Å². The first-order valence-electron chi connectivity index (χ1n) is 9.05. The van der Waals surface area contributed by atoms with E-state index in [0.29, 0.717) is 11.4 Å². The minimum absolute atomic E-state index is 0.153. The van der Waals surface area contributed by atoms with Gasteiger partial charge in [-0.2, -0.15) is 0 Å². The molecule has 0 saturated carbocycles. The van der Waals surface area contributed by atoms with E-state index in [0.717, 1.165) is 32.0 Å². The number of anilines is 2. The average Bonchev–Trinajstić information content (AvgIpc) is 3.11. The van der Waals surface area contributed by atoms with Crippen LogP contribution in [0.3, 0.4) is 0 Å². The van der Waals surface area contributed by atoms with Crippen molar-refractivity contribution in [2.45, 2.75) is 6.92 Å². The van der Waals surface area contributed by atoms with Crippen molar-refractivity contribution in [1.29, 1.82) is 0 Å². The van der Waals surface area contributed by atoms with Gasteiger partial charge in [-0.15, -0.1) is 5.10 Å². The smallest absolute Gasteiger partial charge is 0.278 e. The lowest BCUT2D eigenvalue weighted by molar-refractivity contribution is 0.102. The van der Waals surface area contributed by atoms with Gasteiger partial charge < -0.3 is 15.0 Å². The van der Waals surface area contributed by atoms with Gasteiger partial charge in [0.05, 0.1) is 18.9 Å². The molecule has 3 aromatic rings. The highest BCUT2D eigenvalue weighted by molar-refractivity contribution is 6.03. The van der Waals surface area contributed by atoms with Crippen LogP contribution in [0.5, 0.6) is 0 Å². The molecule has 0 radical (unpaired) electrons. The number of benzene rings is 2. The van der Waals surface area contributed by atoms with Crippen LogP contribution in [-0.4, -0.2) is 47.2 Å². The fourth-order valence-corrected chi connectivity index (χ4v) is 3.16. The SMILES string of the molecule is Cc1c(C(=O)Nc2ccc(N3CCOCC3)cc2)nnn1-c1ccccc1F. The van der Waals surface area contributed by atoms with Crippen LogP contribution in [0.2, 0.25) is 0 Å². The molecule has 4 rings (SSSR count). The topological polar surface area (TPSA) is 72.3 Å². The Bertz CT molecular complexity index is 981. The van der Waals surface area contributed by atoms with Gasteiger partial charge in [-0.3, -0.25) is 4.79 Å². The molecule has 1 N–H and O–H groups in total. The highest BCUT2D eigenvalue weighted by Crippen LogP contribution is 2.20. The second-order valence-electron chi connectivity index (χ2n) is 6.49. The van der Waals surface area contributed by atoms with E-state index >= 15 is 0 Å². The number of aromatic nitrogens is 3. The molecular weight excluding hydrogens is 361 g/mol. The van der Waals surface area contributed by atoms with Crippen molar-refractivity contribution in [3.8, 4) is 5.69 Å². The van der Waals surface area contributed by atoms with Crippen molar-refractivity contribution in [3.05, 3.63) is 65.7 Å². The van der Waals surface area contributed by atoms with E-state index in [1.165, 1.54) is 10.7 Å². The molecule has 1 saturated heterocycles. The standard InChI is InChI=1S/C20H20FN5O2/c1-14-19(23-24-26(14)18-5-3-2-4-17(18)21)20(27)22-15-6-8-16(9-7-15)25-10-12-28-13-11-25/h2-9H,10-13H2,1H3,(H,22,27). The molecule has 1 aromatic heterocycles. The lowest BCUT2D eigenvalue weighted by Gasteiger charge is -2.28. The minimum Gasteiger partial charge on any atom is -0.378 e. The molecule has 7 nitrogen and oxygen atoms in total. The number of amides is 1. The molecule has 8 heteroatoms. The second-order valence-corrected chi connectivity index (χ2v) is 6.49. The highest BCUT2D eigenvalue weighted by Gasteiger charge is 2.19. The molecule has 1 aliphatic rings. The molecule has 0 unspecified atom stereocenters. The van der Waals surface area contributed by atoms with Crippen molar-refractivity contribution in [2.75, 3.05) is 36.5 Å². The molecule has 2 heterocycles. The van der Waals surface area contributed by atoms with Gasteiger partial charge in [0, 0.05) is 24.5 Å². The monoisotopic (exact) mass is 381 g/mol. The van der Waals surface area contributed by atoms with E-state index in [1.54, 1.807) is 25.1 Å². The molecular formula is C20H20FN5O2. The van der Waals surface area contributed by atoms with Gasteiger partial charge in [0.15, 0.2) is 5.69 Å². The predicted molar refractivity (Wildman–Crippen MR) is 103 cm³/mol. The number of carbonyl (C=O) groups excluding carboxylic acids is 1. The zero-order chi connectivity index (χ0) is 19.5. The summed E-state index contributed by atoms with van der Waals surface area (Å²) in [6.07, 6.45) is 0. The molecule has 1 aliphatic heterocycles. The number of nitrogens with one attached hydrogen (secondary N) is 1. The Morgan fingerprint density at radius 2 is 1.82 bits per heavy atom. The maximum absolute atomic E-state index is 14.0. The number of halogens is 1. The molecule has 0 aliphatic carbocycles. The van der Waals surface area contributed by atoms with Crippen LogP contribution < -0.4 is 10.2 Å². The van der Waals surface area contributed by atoms with Gasteiger partial charge in [-0.25, -0.2) is 9.07 Å². The van der Waals surface area contributed by atoms with Crippen molar-refractivity contribution in [3.63, 3.8) is 0 Å². The summed E-state index contributed by atoms with van der Waals surface area (Å²) in [5.74, 6) is -0.819. The number of hydrogen-bond acceptors (Lipinski definition) is 5. The number of hydrogen-bond donors (Lipinski definition) is 1. The summed E-state index contributed by atoms with van der Waals surface area (Å²) in [4.78, 5) is 14.8. The van der Waals surface area contributed by atoms with Gasteiger partial charge >= 0.3 is 0 Å². The van der Waals surface area contributed by atoms with Crippen LogP contribution in [0.1, 0.15) is 16.2 Å². The molecule has 1 fully saturated rings. The Hall–Kier alpha value is -3.26. The van der Waals surface area contributed by atoms with Crippen LogP contribution in [0.4, 0.5) is 15.8 Å². The normalized spacial score (nSPS) is 14.1. The first kappa shape index (κ1) is 18.1. The maximum Gasteiger partial charge on any atom is 0.278 e. The maximum atomic E-state index is 14.0. The molecule has 144 valence electrons. The van der Waals surface area contributed by atoms with Gasteiger partial charge in [-0.1, -0.05) is 17.3 Å². The zero-order valence-electron chi connectivity index (χ0n) is 15.4. The van der Waals surface area contributed by atoms with Crippen molar-refractivity contribution >= 4 is 17.3 Å². The molecule has 28 heavy (non-hydrogen) atoms. The van der Waals surface area contributed by atoms with Crippen LogP contribution in [-0.2, 0) is 4.74 Å². The third kappa shape index (κ3) is 3.59. The van der Waals surface area contributed by atoms with E-state index in [2.05, 4.69) is 20.5 Å². The van der Waals surface area contributed by atoms with Crippen LogP contribution >= 0.6 is 0 Å². The zero-order valence-corrected chi connectivity index (χ0v) is 15.4. The summed E-state index contributed by atoms with van der Waals surface area (Å²) in [5, 5.41) is 10.7. The number of para-hydroxylation sites is 1. The van der Waals surface area contributed by atoms with E-state index in [9.17, 15) is 9.18 Å². The largest absolute Gasteiger partial charge is 0.378 e. The molecule has 2 aromatic carbocycles. The van der Waals surface area contributed by atoms with Crippen LogP contribution in [0.15, 0.2) is 48.5 Å². The molecule has 0 spiro atoms. The van der Waals surface area contributed by atoms with Crippen molar-refractivity contribution in [2.24, 2.45) is 0 Å². The lowest BCUT2D eigenvalue weighted by Crippen LogP contribution is -2.36. The van der Waals surface area contributed by atoms with Crippen LogP contribution in [0, 0.1) is 12.7 Å². The predicted octanol–water partition coefficient (Wildman–Crippen LogP) is 2.80. The van der Waals surface area contributed by atoms with Gasteiger partial charge in [-0.05, 0) is 43.3 Å². The molecule has 1 amide bonds. The number of rotatable bonds is 4. The number of nitrogens with zero attached hydrogens (tertiary/aromatic N) is 4. The summed E-state index contributed by atoms with van der Waals surface area (Å²) in [7, 11) is 0. The first-order chi connectivity index (χ1) is 13.6. The quantitative estimate of drug-likeness (QED) is 0.752. The number of ether oxygens (including phenoxy) is 1. The lowest BCUT2D eigenvalue weighted by atomic mass is 10.2. The molecule has 0 bridgehead atoms. The Balaban J connectivity index is 1.49. The minimum atomic E-state index is -0.429. The third-order valence-corrected chi connectivity index (χ3v) is 4.69. The summed E-state index contributed by atoms with van der Waals surface area (Å²) in [6.45, 7) is 4.82. The summed E-state index contributed by atoms with van der Waals surface area (Å²) in [5.41, 5.74) is 2.61. The fraction of sp³-hybridized carbons (Fsp3) is 0.250. The Kier molecular flexibility index (Phi) is 5.03. The number of morpholine rings is 1. The van der Waals surface area contributed by atoms with Crippen molar-refractivity contribution in [1.82, 2.24) is 15.0 Å². The Morgan fingerprint density at radius 1 is 1.11 bits per heavy atom. The summed E-state index contributed by atoms with van der Waals surface area (Å²) >= 11 is 0. The van der Waals surface area contributed by atoms with Crippen molar-refractivity contribution < 1.29 is 13.9 Å². The highest BCUT2D eigenvalue weighted by atomic mass is 19.1. The van der Waals surface area contributed by atoms with E-state index < -0.39 is 5.82 Å². The van der Waals surface area contributed by atoms with Crippen LogP contribution in [0.25, 0.3) is 5.69 Å². The fourth-order valence-electron chi connectivity index (χ4n) is 3.16. The van der Waals surface area contributed by atoms with Gasteiger partial charge in [0.1, 0.15) is 11.5 Å². The number of carbonyl (C=O) groups is 1. The molecule has 0 atom stereocenters. The third-order valence-electron chi connectivity index (χ3n) is 4.69. The average molecular weight is 381 g/mol. The Morgan fingerprint density at radius 3 is 2.54 bits per heavy atom.